The fourth-order valence-corrected chi connectivity index (χ4v) is 2.56. The third-order valence-corrected chi connectivity index (χ3v) is 3.81. The van der Waals surface area contributed by atoms with Crippen molar-refractivity contribution in [3.8, 4) is 28.4 Å². The maximum absolute atomic E-state index is 5.48. The van der Waals surface area contributed by atoms with Crippen LogP contribution < -0.4 is 14.2 Å². The summed E-state index contributed by atoms with van der Waals surface area (Å²) in [4.78, 5) is 0. The molecule has 0 aromatic heterocycles. The number of para-hydroxylation sites is 1. The van der Waals surface area contributed by atoms with E-state index in [2.05, 4.69) is 22.6 Å². The van der Waals surface area contributed by atoms with Gasteiger partial charge in [0.05, 0.1) is 21.3 Å². The lowest BCUT2D eigenvalue weighted by atomic mass is 10.0. The summed E-state index contributed by atoms with van der Waals surface area (Å²) in [6.07, 6.45) is 0. The molecule has 4 heteroatoms. The monoisotopic (exact) mass is 370 g/mol. The molecule has 0 atom stereocenters. The number of hydrogen-bond donors (Lipinski definition) is 0. The number of halogens is 1. The van der Waals surface area contributed by atoms with Gasteiger partial charge in [0.2, 0.25) is 0 Å². The minimum atomic E-state index is 0.721. The van der Waals surface area contributed by atoms with Crippen molar-refractivity contribution in [2.75, 3.05) is 21.3 Å². The van der Waals surface area contributed by atoms with Gasteiger partial charge in [-0.2, -0.15) is 0 Å². The van der Waals surface area contributed by atoms with Crippen molar-refractivity contribution in [3.05, 3.63) is 40.0 Å². The summed E-state index contributed by atoms with van der Waals surface area (Å²) in [6, 6.07) is 11.8. The van der Waals surface area contributed by atoms with Crippen LogP contribution in [0.5, 0.6) is 17.2 Å². The summed E-state index contributed by atoms with van der Waals surface area (Å²) in [5, 5.41) is 0. The minimum Gasteiger partial charge on any atom is -0.497 e. The van der Waals surface area contributed by atoms with Crippen LogP contribution in [0.3, 0.4) is 0 Å². The first kappa shape index (κ1) is 14.0. The molecule has 2 aromatic rings. The zero-order valence-corrected chi connectivity index (χ0v) is 13.2. The molecule has 2 rings (SSSR count). The predicted octanol–water partition coefficient (Wildman–Crippen LogP) is 3.98. The van der Waals surface area contributed by atoms with Crippen molar-refractivity contribution < 1.29 is 14.2 Å². The lowest BCUT2D eigenvalue weighted by Crippen LogP contribution is -1.94. The van der Waals surface area contributed by atoms with E-state index in [0.29, 0.717) is 0 Å². The molecule has 19 heavy (non-hydrogen) atoms. The molecule has 0 amide bonds. The van der Waals surface area contributed by atoms with Crippen LogP contribution in [-0.4, -0.2) is 21.3 Å². The Morgan fingerprint density at radius 1 is 0.842 bits per heavy atom. The van der Waals surface area contributed by atoms with Crippen LogP contribution in [0.4, 0.5) is 0 Å². The Labute approximate surface area is 126 Å². The van der Waals surface area contributed by atoms with E-state index in [1.165, 1.54) is 0 Å². The molecule has 0 radical (unpaired) electrons. The van der Waals surface area contributed by atoms with Crippen molar-refractivity contribution >= 4 is 22.6 Å². The molecule has 0 bridgehead atoms. The van der Waals surface area contributed by atoms with Gasteiger partial charge in [-0.1, -0.05) is 12.1 Å². The fraction of sp³-hybridized carbons (Fsp3) is 0.200. The van der Waals surface area contributed by atoms with Crippen LogP contribution in [-0.2, 0) is 0 Å². The molecule has 0 saturated heterocycles. The first-order valence-corrected chi connectivity index (χ1v) is 6.84. The highest BCUT2D eigenvalue weighted by atomic mass is 127. The van der Waals surface area contributed by atoms with E-state index in [4.69, 9.17) is 14.2 Å². The van der Waals surface area contributed by atoms with Crippen molar-refractivity contribution in [1.82, 2.24) is 0 Å². The maximum Gasteiger partial charge on any atom is 0.168 e. The van der Waals surface area contributed by atoms with Crippen LogP contribution in [0.25, 0.3) is 11.1 Å². The van der Waals surface area contributed by atoms with E-state index in [1.54, 1.807) is 21.3 Å². The van der Waals surface area contributed by atoms with Gasteiger partial charge in [-0.3, -0.25) is 0 Å². The summed E-state index contributed by atoms with van der Waals surface area (Å²) >= 11 is 2.30. The number of methoxy groups -OCH3 is 3. The maximum atomic E-state index is 5.48. The Hall–Kier alpha value is -1.43. The van der Waals surface area contributed by atoms with Gasteiger partial charge in [0.1, 0.15) is 5.75 Å². The van der Waals surface area contributed by atoms with Crippen LogP contribution in [0.1, 0.15) is 0 Å². The summed E-state index contributed by atoms with van der Waals surface area (Å²) in [5.74, 6) is 2.27. The van der Waals surface area contributed by atoms with Crippen molar-refractivity contribution in [2.45, 2.75) is 0 Å². The second kappa shape index (κ2) is 6.14. The van der Waals surface area contributed by atoms with Gasteiger partial charge in [-0.25, -0.2) is 0 Å². The van der Waals surface area contributed by atoms with Crippen LogP contribution in [0.2, 0.25) is 0 Å². The highest BCUT2D eigenvalue weighted by Crippen LogP contribution is 2.40. The largest absolute Gasteiger partial charge is 0.497 e. The van der Waals surface area contributed by atoms with Crippen molar-refractivity contribution in [3.63, 3.8) is 0 Å². The normalized spacial score (nSPS) is 10.1. The van der Waals surface area contributed by atoms with E-state index in [-0.39, 0.29) is 0 Å². The van der Waals surface area contributed by atoms with Gasteiger partial charge in [0.25, 0.3) is 0 Å². The molecule has 3 nitrogen and oxygen atoms in total. The highest BCUT2D eigenvalue weighted by molar-refractivity contribution is 14.1. The smallest absolute Gasteiger partial charge is 0.168 e. The number of rotatable bonds is 4. The van der Waals surface area contributed by atoms with E-state index in [1.807, 2.05) is 36.4 Å². The third-order valence-electron chi connectivity index (χ3n) is 2.87. The first-order valence-electron chi connectivity index (χ1n) is 5.76. The highest BCUT2D eigenvalue weighted by Gasteiger charge is 2.14. The zero-order chi connectivity index (χ0) is 13.8. The molecule has 0 spiro atoms. The number of hydrogen-bond acceptors (Lipinski definition) is 3. The van der Waals surface area contributed by atoms with Crippen LogP contribution in [0.15, 0.2) is 36.4 Å². The van der Waals surface area contributed by atoms with Crippen LogP contribution in [0, 0.1) is 3.57 Å². The molecule has 100 valence electrons. The molecule has 0 heterocycles. The summed E-state index contributed by atoms with van der Waals surface area (Å²) in [6.45, 7) is 0. The quantitative estimate of drug-likeness (QED) is 0.762. The Morgan fingerprint density at radius 2 is 1.63 bits per heavy atom. The summed E-state index contributed by atoms with van der Waals surface area (Å²) in [7, 11) is 4.95. The summed E-state index contributed by atoms with van der Waals surface area (Å²) in [5.41, 5.74) is 2.06. The van der Waals surface area contributed by atoms with Gasteiger partial charge < -0.3 is 14.2 Å². The molecule has 0 fully saturated rings. The Morgan fingerprint density at radius 3 is 2.26 bits per heavy atom. The first-order chi connectivity index (χ1) is 9.21. The van der Waals surface area contributed by atoms with E-state index in [9.17, 15) is 0 Å². The second-order valence-corrected chi connectivity index (χ2v) is 5.05. The standard InChI is InChI=1S/C15H15IO3/c1-17-10-7-8-13(16)12(9-10)11-5-4-6-14(18-2)15(11)19-3/h4-9H,1-3H3. The van der Waals surface area contributed by atoms with Crippen molar-refractivity contribution in [1.29, 1.82) is 0 Å². The molecule has 0 saturated carbocycles. The topological polar surface area (TPSA) is 27.7 Å². The molecule has 0 N–H and O–H groups in total. The fourth-order valence-electron chi connectivity index (χ4n) is 1.94. The Kier molecular flexibility index (Phi) is 4.52. The Balaban J connectivity index is 2.64. The number of benzene rings is 2. The third kappa shape index (κ3) is 2.78. The van der Waals surface area contributed by atoms with Gasteiger partial charge in [-0.05, 0) is 46.9 Å². The van der Waals surface area contributed by atoms with Crippen LogP contribution >= 0.6 is 22.6 Å². The zero-order valence-electron chi connectivity index (χ0n) is 11.1. The lowest BCUT2D eigenvalue weighted by Gasteiger charge is -2.14. The van der Waals surface area contributed by atoms with E-state index in [0.717, 1.165) is 31.9 Å². The second-order valence-electron chi connectivity index (χ2n) is 3.89. The van der Waals surface area contributed by atoms with Gasteiger partial charge in [0, 0.05) is 14.7 Å². The number of ether oxygens (including phenoxy) is 3. The average molecular weight is 370 g/mol. The molecule has 0 unspecified atom stereocenters. The molecule has 0 aliphatic rings. The molecule has 2 aromatic carbocycles. The molecule has 0 aliphatic carbocycles. The predicted molar refractivity (Wildman–Crippen MR) is 84.3 cm³/mol. The van der Waals surface area contributed by atoms with Gasteiger partial charge in [-0.15, -0.1) is 0 Å². The Bertz CT molecular complexity index is 582. The molecular weight excluding hydrogens is 355 g/mol. The van der Waals surface area contributed by atoms with Gasteiger partial charge >= 0.3 is 0 Å². The van der Waals surface area contributed by atoms with Gasteiger partial charge in [0.15, 0.2) is 11.5 Å². The lowest BCUT2D eigenvalue weighted by molar-refractivity contribution is 0.356. The van der Waals surface area contributed by atoms with E-state index >= 15 is 0 Å². The minimum absolute atomic E-state index is 0.721. The summed E-state index contributed by atoms with van der Waals surface area (Å²) < 4.78 is 17.2. The SMILES string of the molecule is COc1ccc(I)c(-c2cccc(OC)c2OC)c1. The van der Waals surface area contributed by atoms with Crippen molar-refractivity contribution in [2.24, 2.45) is 0 Å². The molecular formula is C15H15IO3. The molecule has 0 aliphatic heterocycles. The van der Waals surface area contributed by atoms with E-state index < -0.39 is 0 Å². The average Bonchev–Trinajstić information content (AvgIpc) is 2.46.